The minimum absolute atomic E-state index is 0.0195. The molecule has 1 aromatic carbocycles. The van der Waals surface area contributed by atoms with E-state index >= 15 is 0 Å². The first-order chi connectivity index (χ1) is 13.3. The SMILES string of the molecule is O=C1c2c(Oc3ccccc3)c(=O)ccn2N[C@@H]2CN(CC(F)(F)F)CCN12. The number of benzene rings is 1. The van der Waals surface area contributed by atoms with Crippen LogP contribution in [0.15, 0.2) is 47.4 Å². The van der Waals surface area contributed by atoms with E-state index < -0.39 is 30.2 Å². The number of piperazine rings is 1. The summed E-state index contributed by atoms with van der Waals surface area (Å²) in [6, 6.07) is 9.81. The first-order valence-corrected chi connectivity index (χ1v) is 8.67. The Morgan fingerprint density at radius 2 is 1.86 bits per heavy atom. The van der Waals surface area contributed by atoms with Crippen LogP contribution in [-0.2, 0) is 0 Å². The van der Waals surface area contributed by atoms with Crippen molar-refractivity contribution in [2.75, 3.05) is 31.6 Å². The van der Waals surface area contributed by atoms with Crippen LogP contribution in [0, 0.1) is 0 Å². The molecule has 2 aliphatic heterocycles. The van der Waals surface area contributed by atoms with E-state index in [-0.39, 0.29) is 31.1 Å². The summed E-state index contributed by atoms with van der Waals surface area (Å²) in [4.78, 5) is 28.0. The van der Waals surface area contributed by atoms with Crippen molar-refractivity contribution in [2.45, 2.75) is 12.3 Å². The van der Waals surface area contributed by atoms with Gasteiger partial charge in [-0.1, -0.05) is 18.2 Å². The van der Waals surface area contributed by atoms with Gasteiger partial charge in [-0.15, -0.1) is 0 Å². The van der Waals surface area contributed by atoms with Gasteiger partial charge >= 0.3 is 6.18 Å². The second kappa shape index (κ2) is 6.86. The normalized spacial score (nSPS) is 19.6. The number of hydrogen-bond donors (Lipinski definition) is 1. The van der Waals surface area contributed by atoms with Gasteiger partial charge in [-0.3, -0.25) is 19.2 Å². The van der Waals surface area contributed by atoms with Gasteiger partial charge in [0.1, 0.15) is 11.9 Å². The lowest BCUT2D eigenvalue weighted by atomic mass is 10.2. The standard InChI is InChI=1S/C18H17F3N4O3/c19-18(20,21)11-23-8-9-24-14(10-23)22-25-7-6-13(26)16(15(25)17(24)27)28-12-4-2-1-3-5-12/h1-7,14,22H,8-11H2/t14-/m0/s1. The molecular weight excluding hydrogens is 377 g/mol. The number of nitrogens with one attached hydrogen (secondary N) is 1. The minimum Gasteiger partial charge on any atom is -0.451 e. The van der Waals surface area contributed by atoms with Crippen LogP contribution in [0.1, 0.15) is 10.5 Å². The minimum atomic E-state index is -4.31. The highest BCUT2D eigenvalue weighted by Crippen LogP contribution is 2.27. The molecular formula is C18H17F3N4O3. The number of carbonyl (C=O) groups is 1. The zero-order chi connectivity index (χ0) is 19.9. The monoisotopic (exact) mass is 394 g/mol. The number of hydrogen-bond acceptors (Lipinski definition) is 5. The smallest absolute Gasteiger partial charge is 0.401 e. The number of amides is 1. The molecule has 0 bridgehead atoms. The Hall–Kier alpha value is -3.01. The number of para-hydroxylation sites is 1. The lowest BCUT2D eigenvalue weighted by Crippen LogP contribution is -2.64. The molecule has 4 rings (SSSR count). The molecule has 1 aromatic heterocycles. The number of pyridine rings is 1. The van der Waals surface area contributed by atoms with Crippen molar-refractivity contribution in [1.29, 1.82) is 0 Å². The van der Waals surface area contributed by atoms with E-state index in [9.17, 15) is 22.8 Å². The van der Waals surface area contributed by atoms with Crippen LogP contribution in [0.25, 0.3) is 0 Å². The van der Waals surface area contributed by atoms with E-state index in [4.69, 9.17) is 4.74 Å². The Kier molecular flexibility index (Phi) is 4.50. The molecule has 0 unspecified atom stereocenters. The van der Waals surface area contributed by atoms with Crippen molar-refractivity contribution in [3.63, 3.8) is 0 Å². The third-order valence-electron chi connectivity index (χ3n) is 4.64. The summed E-state index contributed by atoms with van der Waals surface area (Å²) in [5, 5.41) is 0. The molecule has 0 spiro atoms. The first kappa shape index (κ1) is 18.4. The van der Waals surface area contributed by atoms with Gasteiger partial charge in [-0.05, 0) is 12.1 Å². The van der Waals surface area contributed by atoms with Crippen molar-refractivity contribution in [1.82, 2.24) is 14.5 Å². The van der Waals surface area contributed by atoms with Gasteiger partial charge in [0.15, 0.2) is 5.69 Å². The number of ether oxygens (including phenoxy) is 1. The van der Waals surface area contributed by atoms with Crippen LogP contribution in [-0.4, -0.2) is 58.9 Å². The van der Waals surface area contributed by atoms with E-state index in [1.807, 2.05) is 0 Å². The average Bonchev–Trinajstić information content (AvgIpc) is 2.63. The van der Waals surface area contributed by atoms with Crippen LogP contribution in [0.4, 0.5) is 13.2 Å². The number of halogens is 3. The molecule has 2 aromatic rings. The molecule has 2 aliphatic rings. The summed E-state index contributed by atoms with van der Waals surface area (Å²) in [5.74, 6) is -0.181. The number of alkyl halides is 3. The van der Waals surface area contributed by atoms with Gasteiger partial charge < -0.3 is 15.1 Å². The van der Waals surface area contributed by atoms with Crippen LogP contribution >= 0.6 is 0 Å². The number of nitrogens with zero attached hydrogens (tertiary/aromatic N) is 3. The van der Waals surface area contributed by atoms with E-state index in [1.165, 1.54) is 26.7 Å². The highest BCUT2D eigenvalue weighted by atomic mass is 19.4. The zero-order valence-electron chi connectivity index (χ0n) is 14.6. The molecule has 0 radical (unpaired) electrons. The van der Waals surface area contributed by atoms with Gasteiger partial charge in [0.2, 0.25) is 11.2 Å². The van der Waals surface area contributed by atoms with Crippen LogP contribution in [0.3, 0.4) is 0 Å². The molecule has 1 fully saturated rings. The number of carbonyl (C=O) groups excluding carboxylic acids is 1. The Bertz CT molecular complexity index is 945. The van der Waals surface area contributed by atoms with E-state index in [0.717, 1.165) is 0 Å². The molecule has 0 saturated carbocycles. The maximum absolute atomic E-state index is 13.0. The molecule has 3 heterocycles. The lowest BCUT2D eigenvalue weighted by Gasteiger charge is -2.45. The quantitative estimate of drug-likeness (QED) is 0.861. The molecule has 7 nitrogen and oxygen atoms in total. The fourth-order valence-corrected chi connectivity index (χ4v) is 3.42. The van der Waals surface area contributed by atoms with Gasteiger partial charge in [0.05, 0.1) is 6.54 Å². The number of aromatic nitrogens is 1. The predicted molar refractivity (Wildman–Crippen MR) is 93.9 cm³/mol. The third kappa shape index (κ3) is 3.55. The number of rotatable bonds is 3. The fraction of sp³-hybridized carbons (Fsp3) is 0.333. The summed E-state index contributed by atoms with van der Waals surface area (Å²) in [6.45, 7) is -0.811. The highest BCUT2D eigenvalue weighted by Gasteiger charge is 2.41. The van der Waals surface area contributed by atoms with Gasteiger partial charge in [-0.25, -0.2) is 0 Å². The van der Waals surface area contributed by atoms with Gasteiger partial charge in [0, 0.05) is 31.9 Å². The summed E-state index contributed by atoms with van der Waals surface area (Å²) < 4.78 is 45.1. The van der Waals surface area contributed by atoms with E-state index in [0.29, 0.717) is 5.75 Å². The second-order valence-electron chi connectivity index (χ2n) is 6.64. The van der Waals surface area contributed by atoms with Crippen molar-refractivity contribution < 1.29 is 22.7 Å². The predicted octanol–water partition coefficient (Wildman–Crippen LogP) is 1.84. The molecule has 148 valence electrons. The Morgan fingerprint density at radius 3 is 2.57 bits per heavy atom. The van der Waals surface area contributed by atoms with E-state index in [1.54, 1.807) is 30.3 Å². The maximum atomic E-state index is 13.0. The topological polar surface area (TPSA) is 66.8 Å². The van der Waals surface area contributed by atoms with Crippen molar-refractivity contribution in [3.05, 3.63) is 58.5 Å². The summed E-state index contributed by atoms with van der Waals surface area (Å²) in [5.41, 5.74) is 2.56. The molecule has 0 aliphatic carbocycles. The van der Waals surface area contributed by atoms with Crippen molar-refractivity contribution >= 4 is 5.91 Å². The Morgan fingerprint density at radius 1 is 1.11 bits per heavy atom. The maximum Gasteiger partial charge on any atom is 0.401 e. The Balaban J connectivity index is 1.64. The Labute approximate surface area is 157 Å². The first-order valence-electron chi connectivity index (χ1n) is 8.67. The molecule has 10 heteroatoms. The third-order valence-corrected chi connectivity index (χ3v) is 4.64. The summed E-state index contributed by atoms with van der Waals surface area (Å²) in [7, 11) is 0. The zero-order valence-corrected chi connectivity index (χ0v) is 14.6. The van der Waals surface area contributed by atoms with Crippen LogP contribution < -0.4 is 15.6 Å². The van der Waals surface area contributed by atoms with Crippen LogP contribution in [0.2, 0.25) is 0 Å². The molecule has 1 amide bonds. The molecule has 1 saturated heterocycles. The van der Waals surface area contributed by atoms with Crippen molar-refractivity contribution in [2.24, 2.45) is 0 Å². The van der Waals surface area contributed by atoms with Gasteiger partial charge in [0.25, 0.3) is 5.91 Å². The number of fused-ring (bicyclic) bond motifs is 2. The molecule has 1 atom stereocenters. The largest absolute Gasteiger partial charge is 0.451 e. The highest BCUT2D eigenvalue weighted by molar-refractivity contribution is 5.96. The van der Waals surface area contributed by atoms with Crippen molar-refractivity contribution in [3.8, 4) is 11.5 Å². The van der Waals surface area contributed by atoms with Gasteiger partial charge in [-0.2, -0.15) is 13.2 Å². The lowest BCUT2D eigenvalue weighted by molar-refractivity contribution is -0.150. The summed E-state index contributed by atoms with van der Waals surface area (Å²) >= 11 is 0. The summed E-state index contributed by atoms with van der Waals surface area (Å²) in [6.07, 6.45) is -3.56. The second-order valence-corrected chi connectivity index (χ2v) is 6.64. The van der Waals surface area contributed by atoms with Crippen LogP contribution in [0.5, 0.6) is 11.5 Å². The molecule has 28 heavy (non-hydrogen) atoms. The van der Waals surface area contributed by atoms with E-state index in [2.05, 4.69) is 5.43 Å². The average molecular weight is 394 g/mol. The molecule has 1 N–H and O–H groups in total. The fourth-order valence-electron chi connectivity index (χ4n) is 3.42.